The molecule has 19 heteroatoms. The van der Waals surface area contributed by atoms with Gasteiger partial charge in [0.2, 0.25) is 0 Å². The standard InChI is InChI=1S/C20H18F6N4O2.C5H4F3N3O/c21-15-9-12-11(4-6-30(18(12)31)5-2-1-3-7-32-19(22)23)8-13(15)17-28-10-14(16(27)29-17)20(24,25)26;6-5(7,8)3-2(9)1-10-11-4(3)12/h4,6,8-10,19H,1-3,5,7H2,(H2,27,28,29);1H,(H3,9,11,12). The molecule has 3 heterocycles. The third kappa shape index (κ3) is 8.45. The number of nitrogen functional groups attached to an aromatic ring is 2. The number of ether oxygens (including phenoxy) is 1. The van der Waals surface area contributed by atoms with Crippen LogP contribution in [0.5, 0.6) is 0 Å². The number of aryl methyl sites for hydroxylation is 1. The predicted octanol–water partition coefficient (Wildman–Crippen LogP) is 4.98. The van der Waals surface area contributed by atoms with Crippen LogP contribution in [0.2, 0.25) is 0 Å². The van der Waals surface area contributed by atoms with E-state index in [9.17, 15) is 49.1 Å². The van der Waals surface area contributed by atoms with E-state index in [1.165, 1.54) is 16.8 Å². The molecule has 0 aliphatic rings. The largest absolute Gasteiger partial charge is 0.423 e. The molecule has 0 radical (unpaired) electrons. The van der Waals surface area contributed by atoms with Crippen molar-refractivity contribution >= 4 is 22.3 Å². The number of fused-ring (bicyclic) bond motifs is 1. The molecule has 0 bridgehead atoms. The molecular weight excluding hydrogens is 617 g/mol. The van der Waals surface area contributed by atoms with Crippen LogP contribution in [-0.2, 0) is 23.6 Å². The molecule has 1 aromatic carbocycles. The number of nitrogens with two attached hydrogens (primary N) is 2. The Hall–Kier alpha value is -4.68. The van der Waals surface area contributed by atoms with Crippen molar-refractivity contribution < 1.29 is 44.3 Å². The number of aromatic nitrogens is 5. The molecule has 4 aromatic rings. The van der Waals surface area contributed by atoms with E-state index >= 15 is 0 Å². The lowest BCUT2D eigenvalue weighted by molar-refractivity contribution is -0.138. The SMILES string of the molecule is Nc1cn[nH]c(=O)c1C(F)(F)F.Nc1nc(-c2cc3ccn(CCCCCOC(F)F)c(=O)c3cc2F)ncc1C(F)(F)F. The van der Waals surface area contributed by atoms with Gasteiger partial charge >= 0.3 is 19.0 Å². The van der Waals surface area contributed by atoms with Crippen molar-refractivity contribution in [2.24, 2.45) is 0 Å². The molecule has 0 aliphatic carbocycles. The minimum atomic E-state index is -4.74. The number of nitrogens with zero attached hydrogens (tertiary/aromatic N) is 4. The maximum atomic E-state index is 14.7. The average Bonchev–Trinajstić information content (AvgIpc) is 2.90. The van der Waals surface area contributed by atoms with Crippen LogP contribution in [0.15, 0.2) is 46.4 Å². The molecule has 0 spiro atoms. The van der Waals surface area contributed by atoms with Crippen LogP contribution < -0.4 is 22.6 Å². The smallest absolute Gasteiger partial charge is 0.397 e. The first-order valence-corrected chi connectivity index (χ1v) is 12.3. The summed E-state index contributed by atoms with van der Waals surface area (Å²) in [5.41, 5.74) is 4.95. The fourth-order valence-electron chi connectivity index (χ4n) is 3.83. The van der Waals surface area contributed by atoms with E-state index in [1.54, 1.807) is 11.2 Å². The van der Waals surface area contributed by atoms with Gasteiger partial charge in [0.05, 0.1) is 29.4 Å². The zero-order valence-electron chi connectivity index (χ0n) is 22.1. The minimum Gasteiger partial charge on any atom is -0.397 e. The van der Waals surface area contributed by atoms with Crippen LogP contribution in [0.25, 0.3) is 22.2 Å². The summed E-state index contributed by atoms with van der Waals surface area (Å²) in [6.45, 7) is -2.61. The van der Waals surface area contributed by atoms with Crippen molar-refractivity contribution in [2.75, 3.05) is 18.1 Å². The van der Waals surface area contributed by atoms with Gasteiger partial charge in [-0.25, -0.2) is 19.5 Å². The van der Waals surface area contributed by atoms with Crippen LogP contribution >= 0.6 is 0 Å². The number of hydrogen-bond acceptors (Lipinski definition) is 8. The number of aromatic amines is 1. The maximum absolute atomic E-state index is 14.7. The van der Waals surface area contributed by atoms with E-state index in [2.05, 4.69) is 19.8 Å². The van der Waals surface area contributed by atoms with Gasteiger partial charge in [0.25, 0.3) is 11.1 Å². The first-order valence-electron chi connectivity index (χ1n) is 12.3. The number of pyridine rings is 1. The van der Waals surface area contributed by atoms with Crippen LogP contribution in [-0.4, -0.2) is 38.0 Å². The lowest BCUT2D eigenvalue weighted by Crippen LogP contribution is -2.24. The molecule has 0 atom stereocenters. The Bertz CT molecular complexity index is 1720. The van der Waals surface area contributed by atoms with E-state index in [-0.39, 0.29) is 23.4 Å². The van der Waals surface area contributed by atoms with Crippen molar-refractivity contribution in [1.82, 2.24) is 24.7 Å². The topological polar surface area (TPSA) is 155 Å². The zero-order valence-corrected chi connectivity index (χ0v) is 22.1. The minimum absolute atomic E-state index is 0.0645. The van der Waals surface area contributed by atoms with Crippen molar-refractivity contribution in [3.8, 4) is 11.4 Å². The van der Waals surface area contributed by atoms with Crippen molar-refractivity contribution in [2.45, 2.75) is 44.8 Å². The van der Waals surface area contributed by atoms with Gasteiger partial charge in [-0.05, 0) is 42.8 Å². The van der Waals surface area contributed by atoms with E-state index in [4.69, 9.17) is 11.5 Å². The number of hydrogen-bond donors (Lipinski definition) is 3. The highest BCUT2D eigenvalue weighted by molar-refractivity contribution is 5.86. The third-order valence-electron chi connectivity index (χ3n) is 5.89. The summed E-state index contributed by atoms with van der Waals surface area (Å²) in [5, 5.41) is 5.14. The molecule has 44 heavy (non-hydrogen) atoms. The predicted molar refractivity (Wildman–Crippen MR) is 139 cm³/mol. The van der Waals surface area contributed by atoms with Crippen LogP contribution in [0.3, 0.4) is 0 Å². The molecule has 4 rings (SSSR count). The molecular formula is C25H22F9N7O3. The van der Waals surface area contributed by atoms with Gasteiger partial charge in [-0.15, -0.1) is 0 Å². The van der Waals surface area contributed by atoms with Gasteiger partial charge in [-0.2, -0.15) is 40.2 Å². The Morgan fingerprint density at radius 3 is 2.25 bits per heavy atom. The first-order chi connectivity index (χ1) is 20.5. The molecule has 0 aliphatic heterocycles. The van der Waals surface area contributed by atoms with Gasteiger partial charge < -0.3 is 20.8 Å². The summed E-state index contributed by atoms with van der Waals surface area (Å²) in [6, 6.07) is 3.78. The molecule has 238 valence electrons. The van der Waals surface area contributed by atoms with Gasteiger partial charge in [0.1, 0.15) is 22.8 Å². The van der Waals surface area contributed by atoms with Gasteiger partial charge in [0.15, 0.2) is 5.82 Å². The number of alkyl halides is 8. The third-order valence-corrected chi connectivity index (χ3v) is 5.89. The summed E-state index contributed by atoms with van der Waals surface area (Å²) < 4.78 is 118. The second-order valence-corrected chi connectivity index (χ2v) is 8.94. The normalized spacial score (nSPS) is 12.0. The van der Waals surface area contributed by atoms with E-state index < -0.39 is 58.5 Å². The van der Waals surface area contributed by atoms with Crippen LogP contribution in [0.4, 0.5) is 51.0 Å². The quantitative estimate of drug-likeness (QED) is 0.180. The fourth-order valence-corrected chi connectivity index (χ4v) is 3.83. The second-order valence-electron chi connectivity index (χ2n) is 8.94. The Labute approximate surface area is 240 Å². The summed E-state index contributed by atoms with van der Waals surface area (Å²) in [6.07, 6.45) is -5.29. The highest BCUT2D eigenvalue weighted by Gasteiger charge is 2.36. The van der Waals surface area contributed by atoms with Crippen molar-refractivity contribution in [3.05, 3.63) is 74.4 Å². The molecule has 10 nitrogen and oxygen atoms in total. The highest BCUT2D eigenvalue weighted by atomic mass is 19.4. The Kier molecular flexibility index (Phi) is 10.6. The number of halogens is 9. The second kappa shape index (κ2) is 13.7. The lowest BCUT2D eigenvalue weighted by atomic mass is 10.1. The van der Waals surface area contributed by atoms with Gasteiger partial charge in [0, 0.05) is 18.9 Å². The van der Waals surface area contributed by atoms with E-state index in [1.807, 2.05) is 0 Å². The van der Waals surface area contributed by atoms with Crippen LogP contribution in [0.1, 0.15) is 30.4 Å². The number of unbranched alkanes of at least 4 members (excludes halogenated alkanes) is 2. The molecule has 0 amide bonds. The summed E-state index contributed by atoms with van der Waals surface area (Å²) >= 11 is 0. The Morgan fingerprint density at radius 2 is 1.68 bits per heavy atom. The number of anilines is 2. The molecule has 0 saturated heterocycles. The average molecular weight is 639 g/mol. The Balaban J connectivity index is 0.000000369. The monoisotopic (exact) mass is 639 g/mol. The van der Waals surface area contributed by atoms with Crippen molar-refractivity contribution in [1.29, 1.82) is 0 Å². The maximum Gasteiger partial charge on any atom is 0.423 e. The summed E-state index contributed by atoms with van der Waals surface area (Å²) in [5.74, 6) is -2.07. The number of nitrogens with one attached hydrogen (secondary N) is 1. The number of benzene rings is 1. The van der Waals surface area contributed by atoms with Gasteiger partial charge in [-0.1, -0.05) is 0 Å². The lowest BCUT2D eigenvalue weighted by Gasteiger charge is -2.11. The molecule has 0 unspecified atom stereocenters. The van der Waals surface area contributed by atoms with E-state index in [0.717, 1.165) is 12.3 Å². The fraction of sp³-hybridized carbons (Fsp3) is 0.320. The molecule has 5 N–H and O–H groups in total. The number of H-pyrrole nitrogens is 1. The number of rotatable bonds is 8. The Morgan fingerprint density at radius 1 is 0.977 bits per heavy atom. The van der Waals surface area contributed by atoms with Gasteiger partial charge in [-0.3, -0.25) is 9.59 Å². The molecule has 0 fully saturated rings. The highest BCUT2D eigenvalue weighted by Crippen LogP contribution is 2.34. The zero-order chi connectivity index (χ0) is 32.8. The molecule has 3 aromatic heterocycles. The van der Waals surface area contributed by atoms with E-state index in [0.29, 0.717) is 37.4 Å². The summed E-state index contributed by atoms with van der Waals surface area (Å²) in [7, 11) is 0. The van der Waals surface area contributed by atoms with Crippen LogP contribution in [0, 0.1) is 5.82 Å². The van der Waals surface area contributed by atoms with Crippen molar-refractivity contribution in [3.63, 3.8) is 0 Å². The summed E-state index contributed by atoms with van der Waals surface area (Å²) in [4.78, 5) is 30.3. The molecule has 0 saturated carbocycles. The first kappa shape index (κ1) is 33.8.